The van der Waals surface area contributed by atoms with Crippen LogP contribution in [0.4, 0.5) is 11.6 Å². The lowest BCUT2D eigenvalue weighted by atomic mass is 9.94. The number of piperidine rings is 1. The van der Waals surface area contributed by atoms with Gasteiger partial charge in [-0.25, -0.2) is 9.97 Å². The standard InChI is InChI=1S/C16H29N5/c1-5-14-19-15(17-3)12(2)16(20-14)18-9-6-13-7-10-21(4)11-8-13/h13H,5-11H2,1-4H3,(H2,17,18,19,20). The highest BCUT2D eigenvalue weighted by molar-refractivity contribution is 5.56. The van der Waals surface area contributed by atoms with Crippen molar-refractivity contribution in [1.82, 2.24) is 14.9 Å². The van der Waals surface area contributed by atoms with Crippen LogP contribution in [0.3, 0.4) is 0 Å². The van der Waals surface area contributed by atoms with Gasteiger partial charge in [0.1, 0.15) is 17.5 Å². The van der Waals surface area contributed by atoms with Gasteiger partial charge in [0.05, 0.1) is 0 Å². The largest absolute Gasteiger partial charge is 0.373 e. The van der Waals surface area contributed by atoms with E-state index < -0.39 is 0 Å². The van der Waals surface area contributed by atoms with Gasteiger partial charge in [-0.2, -0.15) is 0 Å². The molecular weight excluding hydrogens is 262 g/mol. The van der Waals surface area contributed by atoms with E-state index in [2.05, 4.69) is 46.4 Å². The lowest BCUT2D eigenvalue weighted by molar-refractivity contribution is 0.215. The van der Waals surface area contributed by atoms with E-state index in [1.165, 1.54) is 32.4 Å². The first kappa shape index (κ1) is 16.0. The van der Waals surface area contributed by atoms with Crippen molar-refractivity contribution in [2.75, 3.05) is 44.4 Å². The van der Waals surface area contributed by atoms with Crippen LogP contribution in [0.1, 0.15) is 37.6 Å². The van der Waals surface area contributed by atoms with Crippen molar-refractivity contribution < 1.29 is 0 Å². The van der Waals surface area contributed by atoms with E-state index in [0.29, 0.717) is 0 Å². The van der Waals surface area contributed by atoms with Gasteiger partial charge in [0.2, 0.25) is 0 Å². The zero-order valence-electron chi connectivity index (χ0n) is 13.9. The maximum atomic E-state index is 4.62. The molecule has 0 unspecified atom stereocenters. The average molecular weight is 291 g/mol. The van der Waals surface area contributed by atoms with E-state index in [4.69, 9.17) is 0 Å². The molecule has 1 fully saturated rings. The Bertz CT molecular complexity index is 452. The number of hydrogen-bond acceptors (Lipinski definition) is 5. The summed E-state index contributed by atoms with van der Waals surface area (Å²) in [6.07, 6.45) is 4.73. The molecule has 5 nitrogen and oxygen atoms in total. The molecule has 21 heavy (non-hydrogen) atoms. The summed E-state index contributed by atoms with van der Waals surface area (Å²) in [7, 11) is 4.13. The summed E-state index contributed by atoms with van der Waals surface area (Å²) in [6, 6.07) is 0. The number of aryl methyl sites for hydroxylation is 1. The molecule has 1 aromatic heterocycles. The molecule has 0 bridgehead atoms. The molecule has 0 aromatic carbocycles. The van der Waals surface area contributed by atoms with Crippen LogP contribution < -0.4 is 10.6 Å². The van der Waals surface area contributed by atoms with E-state index in [1.54, 1.807) is 0 Å². The quantitative estimate of drug-likeness (QED) is 0.843. The van der Waals surface area contributed by atoms with Gasteiger partial charge < -0.3 is 15.5 Å². The molecule has 0 aliphatic carbocycles. The van der Waals surface area contributed by atoms with Gasteiger partial charge in [0.15, 0.2) is 0 Å². The van der Waals surface area contributed by atoms with Crippen LogP contribution in [0, 0.1) is 12.8 Å². The van der Waals surface area contributed by atoms with Crippen LogP contribution >= 0.6 is 0 Å². The van der Waals surface area contributed by atoms with Gasteiger partial charge in [-0.15, -0.1) is 0 Å². The summed E-state index contributed by atoms with van der Waals surface area (Å²) in [6.45, 7) is 7.64. The molecule has 0 atom stereocenters. The second-order valence-electron chi connectivity index (χ2n) is 6.03. The fraction of sp³-hybridized carbons (Fsp3) is 0.750. The van der Waals surface area contributed by atoms with Crippen LogP contribution in [0.25, 0.3) is 0 Å². The first-order chi connectivity index (χ1) is 10.1. The maximum absolute atomic E-state index is 4.62. The number of hydrogen-bond donors (Lipinski definition) is 2. The highest BCUT2D eigenvalue weighted by Gasteiger charge is 2.16. The fourth-order valence-electron chi connectivity index (χ4n) is 2.88. The molecule has 2 heterocycles. The molecule has 1 aliphatic heterocycles. The summed E-state index contributed by atoms with van der Waals surface area (Å²) in [5, 5.41) is 6.67. The minimum atomic E-state index is 0.852. The third-order valence-corrected chi connectivity index (χ3v) is 4.43. The van der Waals surface area contributed by atoms with Crippen molar-refractivity contribution in [3.05, 3.63) is 11.4 Å². The zero-order valence-corrected chi connectivity index (χ0v) is 13.9. The van der Waals surface area contributed by atoms with Gasteiger partial charge >= 0.3 is 0 Å². The monoisotopic (exact) mass is 291 g/mol. The van der Waals surface area contributed by atoms with Crippen molar-refractivity contribution >= 4 is 11.6 Å². The number of likely N-dealkylation sites (tertiary alicyclic amines) is 1. The lowest BCUT2D eigenvalue weighted by Gasteiger charge is -2.29. The lowest BCUT2D eigenvalue weighted by Crippen LogP contribution is -2.31. The Kier molecular flexibility index (Phi) is 5.79. The summed E-state index contributed by atoms with van der Waals surface area (Å²) < 4.78 is 0. The van der Waals surface area contributed by atoms with Crippen molar-refractivity contribution in [3.63, 3.8) is 0 Å². The molecule has 2 N–H and O–H groups in total. The summed E-state index contributed by atoms with van der Waals surface area (Å²) in [5.74, 6) is 3.67. The molecule has 0 saturated carbocycles. The molecule has 2 rings (SSSR count). The van der Waals surface area contributed by atoms with Crippen LogP contribution in [-0.2, 0) is 6.42 Å². The smallest absolute Gasteiger partial charge is 0.134 e. The molecule has 0 amide bonds. The zero-order chi connectivity index (χ0) is 15.2. The predicted molar refractivity (Wildman–Crippen MR) is 89.0 cm³/mol. The first-order valence-electron chi connectivity index (χ1n) is 8.11. The molecule has 0 radical (unpaired) electrons. The van der Waals surface area contributed by atoms with Crippen LogP contribution in [0.2, 0.25) is 0 Å². The maximum Gasteiger partial charge on any atom is 0.134 e. The topological polar surface area (TPSA) is 53.1 Å². The third-order valence-electron chi connectivity index (χ3n) is 4.43. The molecule has 0 spiro atoms. The Morgan fingerprint density at radius 3 is 2.48 bits per heavy atom. The summed E-state index contributed by atoms with van der Waals surface area (Å²) >= 11 is 0. The van der Waals surface area contributed by atoms with Crippen LogP contribution in [0.15, 0.2) is 0 Å². The van der Waals surface area contributed by atoms with Crippen LogP contribution in [-0.4, -0.2) is 48.6 Å². The number of rotatable bonds is 6. The molecule has 1 aliphatic rings. The van der Waals surface area contributed by atoms with E-state index in [0.717, 1.165) is 41.9 Å². The second kappa shape index (κ2) is 7.59. The first-order valence-corrected chi connectivity index (χ1v) is 8.11. The molecule has 118 valence electrons. The summed E-state index contributed by atoms with van der Waals surface area (Å²) in [4.78, 5) is 11.6. The average Bonchev–Trinajstić information content (AvgIpc) is 2.51. The molecule has 1 saturated heterocycles. The number of nitrogens with one attached hydrogen (secondary N) is 2. The van der Waals surface area contributed by atoms with E-state index in [1.807, 2.05) is 7.05 Å². The number of anilines is 2. The van der Waals surface area contributed by atoms with Gasteiger partial charge in [0.25, 0.3) is 0 Å². The van der Waals surface area contributed by atoms with Crippen LogP contribution in [0.5, 0.6) is 0 Å². The fourth-order valence-corrected chi connectivity index (χ4v) is 2.88. The van der Waals surface area contributed by atoms with Gasteiger partial charge in [-0.3, -0.25) is 0 Å². The predicted octanol–water partition coefficient (Wildman–Crippen LogP) is 2.53. The highest BCUT2D eigenvalue weighted by atomic mass is 15.1. The second-order valence-corrected chi connectivity index (χ2v) is 6.03. The van der Waals surface area contributed by atoms with Crippen molar-refractivity contribution in [3.8, 4) is 0 Å². The van der Waals surface area contributed by atoms with Gasteiger partial charge in [0, 0.05) is 25.6 Å². The summed E-state index contributed by atoms with van der Waals surface area (Å²) in [5.41, 5.74) is 1.11. The molecule has 5 heteroatoms. The van der Waals surface area contributed by atoms with Gasteiger partial charge in [-0.05, 0) is 52.2 Å². The van der Waals surface area contributed by atoms with E-state index >= 15 is 0 Å². The van der Waals surface area contributed by atoms with Crippen molar-refractivity contribution in [1.29, 1.82) is 0 Å². The SMILES string of the molecule is CCc1nc(NC)c(C)c(NCCC2CCN(C)CC2)n1. The Morgan fingerprint density at radius 2 is 1.86 bits per heavy atom. The van der Waals surface area contributed by atoms with E-state index in [-0.39, 0.29) is 0 Å². The van der Waals surface area contributed by atoms with Crippen molar-refractivity contribution in [2.45, 2.75) is 39.5 Å². The Hall–Kier alpha value is -1.36. The Morgan fingerprint density at radius 1 is 1.19 bits per heavy atom. The molecule has 1 aromatic rings. The van der Waals surface area contributed by atoms with Gasteiger partial charge in [-0.1, -0.05) is 6.92 Å². The number of nitrogens with zero attached hydrogens (tertiary/aromatic N) is 3. The van der Waals surface area contributed by atoms with Crippen molar-refractivity contribution in [2.24, 2.45) is 5.92 Å². The third kappa shape index (κ3) is 4.30. The minimum absolute atomic E-state index is 0.852. The number of aromatic nitrogens is 2. The Balaban J connectivity index is 1.90. The highest BCUT2D eigenvalue weighted by Crippen LogP contribution is 2.22. The Labute approximate surface area is 128 Å². The molecular formula is C16H29N5. The normalized spacial score (nSPS) is 17.0. The van der Waals surface area contributed by atoms with E-state index in [9.17, 15) is 0 Å². The minimum Gasteiger partial charge on any atom is -0.373 e.